The molecular formula is C14H18N2O3. The summed E-state index contributed by atoms with van der Waals surface area (Å²) in [6, 6.07) is 9.31. The highest BCUT2D eigenvalue weighted by atomic mass is 16.4. The average molecular weight is 262 g/mol. The van der Waals surface area contributed by atoms with Crippen molar-refractivity contribution in [1.29, 1.82) is 0 Å². The van der Waals surface area contributed by atoms with E-state index < -0.39 is 5.97 Å². The maximum absolute atomic E-state index is 12.0. The predicted molar refractivity (Wildman–Crippen MR) is 70.7 cm³/mol. The highest BCUT2D eigenvalue weighted by molar-refractivity contribution is 5.76. The van der Waals surface area contributed by atoms with Crippen molar-refractivity contribution in [3.05, 3.63) is 35.9 Å². The highest BCUT2D eigenvalue weighted by Crippen LogP contribution is 2.20. The number of urea groups is 1. The van der Waals surface area contributed by atoms with Crippen LogP contribution >= 0.6 is 0 Å². The van der Waals surface area contributed by atoms with Crippen LogP contribution in [0.2, 0.25) is 0 Å². The molecule has 1 aromatic rings. The summed E-state index contributed by atoms with van der Waals surface area (Å²) in [5, 5.41) is 11.7. The van der Waals surface area contributed by atoms with Gasteiger partial charge in [-0.3, -0.25) is 4.79 Å². The summed E-state index contributed by atoms with van der Waals surface area (Å²) in [5.41, 5.74) is 1.03. The number of hydrogen-bond donors (Lipinski definition) is 2. The fraction of sp³-hybridized carbons (Fsp3) is 0.429. The summed E-state index contributed by atoms with van der Waals surface area (Å²) in [5.74, 6) is -0.854. The minimum Gasteiger partial charge on any atom is -0.481 e. The Morgan fingerprint density at radius 1 is 1.32 bits per heavy atom. The SMILES string of the molecule is O=C(O)CC1CCCN1C(=O)NCc1ccccc1. The van der Waals surface area contributed by atoms with E-state index in [4.69, 9.17) is 5.11 Å². The first-order valence-corrected chi connectivity index (χ1v) is 6.47. The smallest absolute Gasteiger partial charge is 0.317 e. The van der Waals surface area contributed by atoms with Crippen LogP contribution in [0.5, 0.6) is 0 Å². The van der Waals surface area contributed by atoms with Crippen LogP contribution in [0.4, 0.5) is 4.79 Å². The molecule has 0 saturated carbocycles. The molecule has 0 aromatic heterocycles. The molecule has 0 spiro atoms. The summed E-state index contributed by atoms with van der Waals surface area (Å²) in [7, 11) is 0. The maximum atomic E-state index is 12.0. The molecule has 19 heavy (non-hydrogen) atoms. The van der Waals surface area contributed by atoms with Crippen molar-refractivity contribution in [2.75, 3.05) is 6.54 Å². The topological polar surface area (TPSA) is 69.6 Å². The van der Waals surface area contributed by atoms with Crippen molar-refractivity contribution in [2.24, 2.45) is 0 Å². The van der Waals surface area contributed by atoms with E-state index in [1.807, 2.05) is 30.3 Å². The van der Waals surface area contributed by atoms with Gasteiger partial charge in [0.1, 0.15) is 0 Å². The Hall–Kier alpha value is -2.04. The Balaban J connectivity index is 1.87. The molecule has 5 heteroatoms. The van der Waals surface area contributed by atoms with Gasteiger partial charge >= 0.3 is 12.0 Å². The largest absolute Gasteiger partial charge is 0.481 e. The first-order chi connectivity index (χ1) is 9.16. The molecule has 1 aromatic carbocycles. The van der Waals surface area contributed by atoms with Gasteiger partial charge in [-0.05, 0) is 18.4 Å². The quantitative estimate of drug-likeness (QED) is 0.869. The third-order valence-corrected chi connectivity index (χ3v) is 3.33. The molecule has 0 radical (unpaired) electrons. The number of nitrogens with one attached hydrogen (secondary N) is 1. The van der Waals surface area contributed by atoms with Gasteiger partial charge in [-0.2, -0.15) is 0 Å². The molecule has 2 amide bonds. The Kier molecular flexibility index (Phi) is 4.39. The second-order valence-corrected chi connectivity index (χ2v) is 4.73. The fourth-order valence-electron chi connectivity index (χ4n) is 2.39. The molecule has 1 unspecified atom stereocenters. The third kappa shape index (κ3) is 3.71. The number of benzene rings is 1. The van der Waals surface area contributed by atoms with E-state index in [0.29, 0.717) is 13.1 Å². The molecule has 1 heterocycles. The molecule has 5 nitrogen and oxygen atoms in total. The molecule has 1 aliphatic heterocycles. The number of carboxylic acids is 1. The number of rotatable bonds is 4. The van der Waals surface area contributed by atoms with Gasteiger partial charge in [-0.15, -0.1) is 0 Å². The summed E-state index contributed by atoms with van der Waals surface area (Å²) >= 11 is 0. The van der Waals surface area contributed by atoms with E-state index in [0.717, 1.165) is 18.4 Å². The number of hydrogen-bond acceptors (Lipinski definition) is 2. The monoisotopic (exact) mass is 262 g/mol. The van der Waals surface area contributed by atoms with E-state index in [1.54, 1.807) is 4.90 Å². The zero-order valence-electron chi connectivity index (χ0n) is 10.7. The van der Waals surface area contributed by atoms with Crippen LogP contribution in [0.15, 0.2) is 30.3 Å². The fourth-order valence-corrected chi connectivity index (χ4v) is 2.39. The normalized spacial score (nSPS) is 18.3. The van der Waals surface area contributed by atoms with Gasteiger partial charge in [-0.25, -0.2) is 4.79 Å². The average Bonchev–Trinajstić information content (AvgIpc) is 2.84. The van der Waals surface area contributed by atoms with Gasteiger partial charge in [0, 0.05) is 19.1 Å². The van der Waals surface area contributed by atoms with Crippen molar-refractivity contribution < 1.29 is 14.7 Å². The maximum Gasteiger partial charge on any atom is 0.317 e. The van der Waals surface area contributed by atoms with Gasteiger partial charge in [0.25, 0.3) is 0 Å². The van der Waals surface area contributed by atoms with Crippen LogP contribution in [-0.2, 0) is 11.3 Å². The minimum absolute atomic E-state index is 0.0265. The molecule has 1 fully saturated rings. The van der Waals surface area contributed by atoms with E-state index in [2.05, 4.69) is 5.32 Å². The second kappa shape index (κ2) is 6.22. The Bertz CT molecular complexity index is 447. The molecule has 2 rings (SSSR count). The van der Waals surface area contributed by atoms with Gasteiger partial charge < -0.3 is 15.3 Å². The van der Waals surface area contributed by atoms with Crippen LogP contribution in [0, 0.1) is 0 Å². The zero-order valence-corrected chi connectivity index (χ0v) is 10.7. The van der Waals surface area contributed by atoms with E-state index >= 15 is 0 Å². The molecular weight excluding hydrogens is 244 g/mol. The lowest BCUT2D eigenvalue weighted by molar-refractivity contribution is -0.137. The van der Waals surface area contributed by atoms with Crippen LogP contribution in [0.3, 0.4) is 0 Å². The van der Waals surface area contributed by atoms with E-state index in [1.165, 1.54) is 0 Å². The van der Waals surface area contributed by atoms with Crippen LogP contribution in [0.1, 0.15) is 24.8 Å². The molecule has 1 aliphatic rings. The lowest BCUT2D eigenvalue weighted by Gasteiger charge is -2.23. The lowest BCUT2D eigenvalue weighted by atomic mass is 10.1. The van der Waals surface area contributed by atoms with Crippen molar-refractivity contribution >= 4 is 12.0 Å². The number of carboxylic acid groups (broad SMARTS) is 1. The van der Waals surface area contributed by atoms with Crippen LogP contribution < -0.4 is 5.32 Å². The third-order valence-electron chi connectivity index (χ3n) is 3.33. The minimum atomic E-state index is -0.854. The number of carbonyl (C=O) groups excluding carboxylic acids is 1. The van der Waals surface area contributed by atoms with Gasteiger partial charge in [-0.1, -0.05) is 30.3 Å². The number of nitrogens with zero attached hydrogens (tertiary/aromatic N) is 1. The summed E-state index contributed by atoms with van der Waals surface area (Å²) in [6.07, 6.45) is 1.67. The standard InChI is InChI=1S/C14H18N2O3/c17-13(18)9-12-7-4-8-16(12)14(19)15-10-11-5-2-1-3-6-11/h1-3,5-6,12H,4,7-10H2,(H,15,19)(H,17,18). The van der Waals surface area contributed by atoms with Gasteiger partial charge in [0.15, 0.2) is 0 Å². The molecule has 102 valence electrons. The van der Waals surface area contributed by atoms with E-state index in [-0.39, 0.29) is 18.5 Å². The number of likely N-dealkylation sites (tertiary alicyclic amines) is 1. The van der Waals surface area contributed by atoms with Crippen molar-refractivity contribution in [2.45, 2.75) is 31.8 Å². The molecule has 1 atom stereocenters. The molecule has 0 bridgehead atoms. The Morgan fingerprint density at radius 2 is 2.05 bits per heavy atom. The predicted octanol–water partition coefficient (Wildman–Crippen LogP) is 1.84. The molecule has 1 saturated heterocycles. The Labute approximate surface area is 112 Å². The first-order valence-electron chi connectivity index (χ1n) is 6.47. The van der Waals surface area contributed by atoms with Crippen molar-refractivity contribution in [3.63, 3.8) is 0 Å². The molecule has 2 N–H and O–H groups in total. The lowest BCUT2D eigenvalue weighted by Crippen LogP contribution is -2.43. The van der Waals surface area contributed by atoms with Crippen molar-refractivity contribution in [1.82, 2.24) is 10.2 Å². The van der Waals surface area contributed by atoms with Crippen LogP contribution in [-0.4, -0.2) is 34.6 Å². The summed E-state index contributed by atoms with van der Waals surface area (Å²) < 4.78 is 0. The van der Waals surface area contributed by atoms with E-state index in [9.17, 15) is 9.59 Å². The Morgan fingerprint density at radius 3 is 2.74 bits per heavy atom. The number of aliphatic carboxylic acids is 1. The number of amides is 2. The van der Waals surface area contributed by atoms with Gasteiger partial charge in [0.05, 0.1) is 6.42 Å². The second-order valence-electron chi connectivity index (χ2n) is 4.73. The summed E-state index contributed by atoms with van der Waals surface area (Å²) in [4.78, 5) is 24.4. The first kappa shape index (κ1) is 13.4. The number of carbonyl (C=O) groups is 2. The molecule has 0 aliphatic carbocycles. The summed E-state index contributed by atoms with van der Waals surface area (Å²) in [6.45, 7) is 1.11. The van der Waals surface area contributed by atoms with Crippen LogP contribution in [0.25, 0.3) is 0 Å². The zero-order chi connectivity index (χ0) is 13.7. The highest BCUT2D eigenvalue weighted by Gasteiger charge is 2.30. The van der Waals surface area contributed by atoms with Gasteiger partial charge in [0.2, 0.25) is 0 Å². The van der Waals surface area contributed by atoms with Crippen molar-refractivity contribution in [3.8, 4) is 0 Å².